The van der Waals surface area contributed by atoms with Crippen LogP contribution in [0.4, 0.5) is 42.5 Å². The van der Waals surface area contributed by atoms with E-state index in [1.807, 2.05) is 5.32 Å². The van der Waals surface area contributed by atoms with Crippen molar-refractivity contribution in [2.24, 2.45) is 5.92 Å². The van der Waals surface area contributed by atoms with Crippen molar-refractivity contribution >= 4 is 29.2 Å². The van der Waals surface area contributed by atoms with Crippen LogP contribution in [0.2, 0.25) is 0 Å². The molecule has 0 spiro atoms. The van der Waals surface area contributed by atoms with E-state index in [2.05, 4.69) is 5.32 Å². The summed E-state index contributed by atoms with van der Waals surface area (Å²) < 4.78 is 78.3. The zero-order valence-electron chi connectivity index (χ0n) is 17.2. The molecule has 1 fully saturated rings. The largest absolute Gasteiger partial charge is 0.416 e. The fourth-order valence-corrected chi connectivity index (χ4v) is 3.18. The molecule has 2 aromatic rings. The van der Waals surface area contributed by atoms with Gasteiger partial charge in [-0.1, -0.05) is 6.07 Å². The van der Waals surface area contributed by atoms with Crippen LogP contribution in [0.5, 0.6) is 0 Å². The SMILES string of the molecule is Cc1ccc(N2C(=O)NCC(C(=O)Nc3cc(C(F)(F)F)cc(C(F)(F)F)c3)C2=O)cc1C. The minimum absolute atomic E-state index is 0.0803. The summed E-state index contributed by atoms with van der Waals surface area (Å²) in [7, 11) is 0. The normalized spacial score (nSPS) is 17.1. The van der Waals surface area contributed by atoms with Gasteiger partial charge in [0, 0.05) is 12.2 Å². The summed E-state index contributed by atoms with van der Waals surface area (Å²) in [6.07, 6.45) is -10.2. The minimum atomic E-state index is -5.10. The van der Waals surface area contributed by atoms with Crippen LogP contribution in [0.25, 0.3) is 0 Å². The number of nitrogens with zero attached hydrogens (tertiary/aromatic N) is 1. The average Bonchev–Trinajstić information content (AvgIpc) is 2.69. The lowest BCUT2D eigenvalue weighted by Gasteiger charge is -2.31. The van der Waals surface area contributed by atoms with Crippen LogP contribution in [0.15, 0.2) is 36.4 Å². The van der Waals surface area contributed by atoms with Crippen LogP contribution in [0.3, 0.4) is 0 Å². The Balaban J connectivity index is 1.90. The number of hydrogen-bond acceptors (Lipinski definition) is 3. The number of halogens is 6. The highest BCUT2D eigenvalue weighted by Gasteiger charge is 2.41. The van der Waals surface area contributed by atoms with Gasteiger partial charge in [0.1, 0.15) is 5.92 Å². The number of urea groups is 1. The second-order valence-electron chi connectivity index (χ2n) is 7.46. The maximum absolute atomic E-state index is 13.0. The number of aryl methyl sites for hydroxylation is 2. The molecule has 2 N–H and O–H groups in total. The molecule has 0 bridgehead atoms. The molecule has 1 saturated heterocycles. The molecule has 2 aromatic carbocycles. The summed E-state index contributed by atoms with van der Waals surface area (Å²) in [4.78, 5) is 38.4. The van der Waals surface area contributed by atoms with Gasteiger partial charge in [0.25, 0.3) is 0 Å². The zero-order valence-corrected chi connectivity index (χ0v) is 17.2. The Kier molecular flexibility index (Phi) is 6.14. The third-order valence-corrected chi connectivity index (χ3v) is 5.10. The van der Waals surface area contributed by atoms with E-state index in [4.69, 9.17) is 0 Å². The second kappa shape index (κ2) is 8.41. The Hall–Kier alpha value is -3.57. The zero-order chi connectivity index (χ0) is 24.7. The standard InChI is InChI=1S/C21H17F6N3O3/c1-10-3-4-15(5-11(10)2)30-18(32)16(9-28-19(30)33)17(31)29-14-7-12(20(22,23)24)6-13(8-14)21(25,26)27/h3-8,16H,9H2,1-2H3,(H,28,33)(H,29,31). The highest BCUT2D eigenvalue weighted by molar-refractivity contribution is 6.23. The number of alkyl halides is 6. The van der Waals surface area contributed by atoms with E-state index in [0.717, 1.165) is 11.1 Å². The predicted octanol–water partition coefficient (Wildman–Crippen LogP) is 4.65. The summed E-state index contributed by atoms with van der Waals surface area (Å²) in [6, 6.07) is 4.43. The Morgan fingerprint density at radius 2 is 1.52 bits per heavy atom. The van der Waals surface area contributed by atoms with E-state index in [1.165, 1.54) is 12.1 Å². The van der Waals surface area contributed by atoms with Gasteiger partial charge in [-0.25, -0.2) is 9.69 Å². The number of hydrogen-bond donors (Lipinski definition) is 2. The summed E-state index contributed by atoms with van der Waals surface area (Å²) in [5, 5.41) is 4.27. The highest BCUT2D eigenvalue weighted by Crippen LogP contribution is 2.37. The summed E-state index contributed by atoms with van der Waals surface area (Å²) >= 11 is 0. The molecule has 33 heavy (non-hydrogen) atoms. The molecule has 1 aliphatic heterocycles. The number of nitrogens with one attached hydrogen (secondary N) is 2. The first kappa shape index (κ1) is 24.1. The van der Waals surface area contributed by atoms with Crippen molar-refractivity contribution in [2.75, 3.05) is 16.8 Å². The van der Waals surface area contributed by atoms with Crippen molar-refractivity contribution in [1.82, 2.24) is 5.32 Å². The second-order valence-corrected chi connectivity index (χ2v) is 7.46. The lowest BCUT2D eigenvalue weighted by atomic mass is 10.0. The quantitative estimate of drug-likeness (QED) is 0.503. The first-order chi connectivity index (χ1) is 15.2. The van der Waals surface area contributed by atoms with E-state index in [9.17, 15) is 40.7 Å². The molecule has 0 radical (unpaired) electrons. The number of rotatable bonds is 3. The Morgan fingerprint density at radius 3 is 2.03 bits per heavy atom. The molecule has 3 rings (SSSR count). The molecular weight excluding hydrogens is 456 g/mol. The van der Waals surface area contributed by atoms with Crippen LogP contribution in [0, 0.1) is 19.8 Å². The van der Waals surface area contributed by atoms with Gasteiger partial charge in [-0.05, 0) is 55.3 Å². The van der Waals surface area contributed by atoms with Crippen LogP contribution >= 0.6 is 0 Å². The third-order valence-electron chi connectivity index (χ3n) is 5.10. The summed E-state index contributed by atoms with van der Waals surface area (Å²) in [5.74, 6) is -3.71. The smallest absolute Gasteiger partial charge is 0.336 e. The summed E-state index contributed by atoms with van der Waals surface area (Å²) in [5.41, 5.74) is -2.23. The monoisotopic (exact) mass is 473 g/mol. The number of carbonyl (C=O) groups excluding carboxylic acids is 3. The molecule has 4 amide bonds. The Morgan fingerprint density at radius 1 is 0.939 bits per heavy atom. The predicted molar refractivity (Wildman–Crippen MR) is 105 cm³/mol. The van der Waals surface area contributed by atoms with Gasteiger partial charge in [0.05, 0.1) is 16.8 Å². The fourth-order valence-electron chi connectivity index (χ4n) is 3.18. The Bertz CT molecular complexity index is 1090. The first-order valence-electron chi connectivity index (χ1n) is 9.48. The Labute approximate surface area is 183 Å². The molecule has 1 atom stereocenters. The lowest BCUT2D eigenvalue weighted by molar-refractivity contribution is -0.143. The first-order valence-corrected chi connectivity index (χ1v) is 9.48. The van der Waals surface area contributed by atoms with Gasteiger partial charge in [0.15, 0.2) is 0 Å². The lowest BCUT2D eigenvalue weighted by Crippen LogP contribution is -2.58. The number of benzene rings is 2. The van der Waals surface area contributed by atoms with Crippen molar-refractivity contribution in [2.45, 2.75) is 26.2 Å². The van der Waals surface area contributed by atoms with E-state index in [0.29, 0.717) is 17.0 Å². The van der Waals surface area contributed by atoms with Gasteiger partial charge in [-0.3, -0.25) is 9.59 Å². The van der Waals surface area contributed by atoms with Crippen molar-refractivity contribution in [3.8, 4) is 0 Å². The average molecular weight is 473 g/mol. The topological polar surface area (TPSA) is 78.5 Å². The van der Waals surface area contributed by atoms with Crippen LogP contribution in [-0.2, 0) is 21.9 Å². The van der Waals surface area contributed by atoms with Crippen molar-refractivity contribution in [3.05, 3.63) is 58.7 Å². The van der Waals surface area contributed by atoms with Crippen LogP contribution < -0.4 is 15.5 Å². The number of amides is 4. The van der Waals surface area contributed by atoms with Crippen LogP contribution in [0.1, 0.15) is 22.3 Å². The molecule has 1 unspecified atom stereocenters. The molecule has 6 nitrogen and oxygen atoms in total. The number of anilines is 2. The molecule has 12 heteroatoms. The summed E-state index contributed by atoms with van der Waals surface area (Å²) in [6.45, 7) is 3.06. The van der Waals surface area contributed by atoms with E-state index >= 15 is 0 Å². The molecule has 0 saturated carbocycles. The van der Waals surface area contributed by atoms with Gasteiger partial charge < -0.3 is 10.6 Å². The highest BCUT2D eigenvalue weighted by atomic mass is 19.4. The molecule has 1 aliphatic rings. The van der Waals surface area contributed by atoms with Crippen molar-refractivity contribution in [3.63, 3.8) is 0 Å². The molecule has 0 aromatic heterocycles. The maximum Gasteiger partial charge on any atom is 0.416 e. The maximum atomic E-state index is 13.0. The number of imide groups is 1. The van der Waals surface area contributed by atoms with E-state index < -0.39 is 59.5 Å². The molecule has 0 aliphatic carbocycles. The van der Waals surface area contributed by atoms with Gasteiger partial charge >= 0.3 is 18.4 Å². The van der Waals surface area contributed by atoms with Crippen molar-refractivity contribution in [1.29, 1.82) is 0 Å². The molecular formula is C21H17F6N3O3. The van der Waals surface area contributed by atoms with Gasteiger partial charge in [-0.2, -0.15) is 26.3 Å². The molecule has 1 heterocycles. The number of carbonyl (C=O) groups is 3. The van der Waals surface area contributed by atoms with Crippen molar-refractivity contribution < 1.29 is 40.7 Å². The van der Waals surface area contributed by atoms with E-state index in [1.54, 1.807) is 19.9 Å². The molecule has 176 valence electrons. The third kappa shape index (κ3) is 5.10. The van der Waals surface area contributed by atoms with Crippen LogP contribution in [-0.4, -0.2) is 24.4 Å². The van der Waals surface area contributed by atoms with Gasteiger partial charge in [-0.15, -0.1) is 0 Å². The van der Waals surface area contributed by atoms with E-state index in [-0.39, 0.29) is 11.8 Å². The van der Waals surface area contributed by atoms with Gasteiger partial charge in [0.2, 0.25) is 11.8 Å². The fraction of sp³-hybridized carbons (Fsp3) is 0.286. The minimum Gasteiger partial charge on any atom is -0.336 e.